The average molecular weight is 354 g/mol. The van der Waals surface area contributed by atoms with Crippen molar-refractivity contribution >= 4 is 15.9 Å². The van der Waals surface area contributed by atoms with Crippen LogP contribution >= 0.6 is 15.9 Å². The first-order chi connectivity index (χ1) is 10.1. The van der Waals surface area contributed by atoms with Gasteiger partial charge >= 0.3 is 0 Å². The Morgan fingerprint density at radius 2 is 2.05 bits per heavy atom. The predicted octanol–water partition coefficient (Wildman–Crippen LogP) is 4.25. The third kappa shape index (κ3) is 2.80. The third-order valence-electron chi connectivity index (χ3n) is 3.76. The Morgan fingerprint density at radius 3 is 2.86 bits per heavy atom. The monoisotopic (exact) mass is 353 g/mol. The summed E-state index contributed by atoms with van der Waals surface area (Å²) in [5.41, 5.74) is 8.17. The molecule has 0 radical (unpaired) electrons. The highest BCUT2D eigenvalue weighted by Crippen LogP contribution is 2.32. The fraction of sp³-hybridized carbons (Fsp3) is 0.250. The number of benzene rings is 2. The van der Waals surface area contributed by atoms with Crippen molar-refractivity contribution in [2.45, 2.75) is 25.5 Å². The number of fused-ring (bicyclic) bond motifs is 1. The Balaban J connectivity index is 1.79. The Hall–Kier alpha value is -1.46. The summed E-state index contributed by atoms with van der Waals surface area (Å²) < 4.78 is 33.3. The molecule has 3 rings (SSSR count). The molecule has 0 amide bonds. The van der Waals surface area contributed by atoms with Crippen LogP contribution in [0.1, 0.15) is 29.2 Å². The van der Waals surface area contributed by atoms with Crippen molar-refractivity contribution in [1.82, 2.24) is 0 Å². The summed E-state index contributed by atoms with van der Waals surface area (Å²) in [6.45, 7) is -0.151. The summed E-state index contributed by atoms with van der Waals surface area (Å²) in [5.74, 6) is -0.640. The molecule has 1 atom stereocenters. The van der Waals surface area contributed by atoms with Crippen molar-refractivity contribution in [1.29, 1.82) is 0 Å². The van der Waals surface area contributed by atoms with Crippen molar-refractivity contribution in [2.75, 3.05) is 0 Å². The van der Waals surface area contributed by atoms with Crippen LogP contribution in [0, 0.1) is 11.6 Å². The normalized spacial score (nSPS) is 16.9. The van der Waals surface area contributed by atoms with Gasteiger partial charge in [-0.15, -0.1) is 0 Å². The second-order valence-corrected chi connectivity index (χ2v) is 5.97. The minimum Gasteiger partial charge on any atom is -0.489 e. The number of hydrogen-bond donors (Lipinski definition) is 1. The number of nitrogens with two attached hydrogens (primary N) is 1. The van der Waals surface area contributed by atoms with Gasteiger partial charge in [0.2, 0.25) is 0 Å². The van der Waals surface area contributed by atoms with E-state index in [4.69, 9.17) is 10.5 Å². The summed E-state index contributed by atoms with van der Waals surface area (Å²) in [4.78, 5) is 0. The Labute approximate surface area is 130 Å². The molecule has 1 aliphatic carbocycles. The van der Waals surface area contributed by atoms with Crippen molar-refractivity contribution < 1.29 is 13.5 Å². The lowest BCUT2D eigenvalue weighted by atomic mass is 10.1. The van der Waals surface area contributed by atoms with E-state index in [0.29, 0.717) is 5.75 Å². The van der Waals surface area contributed by atoms with E-state index in [0.717, 1.165) is 24.0 Å². The fourth-order valence-electron chi connectivity index (χ4n) is 2.57. The maximum absolute atomic E-state index is 13.9. The van der Waals surface area contributed by atoms with Gasteiger partial charge in [-0.1, -0.05) is 6.07 Å². The molecule has 0 saturated heterocycles. The first kappa shape index (κ1) is 14.5. The average Bonchev–Trinajstić information content (AvgIpc) is 2.84. The van der Waals surface area contributed by atoms with E-state index in [-0.39, 0.29) is 22.7 Å². The molecule has 2 nitrogen and oxygen atoms in total. The molecule has 110 valence electrons. The van der Waals surface area contributed by atoms with Crippen LogP contribution in [0.15, 0.2) is 34.8 Å². The van der Waals surface area contributed by atoms with Crippen molar-refractivity contribution in [3.8, 4) is 5.75 Å². The molecular formula is C16H14BrF2NO. The van der Waals surface area contributed by atoms with Gasteiger partial charge in [-0.2, -0.15) is 0 Å². The summed E-state index contributed by atoms with van der Waals surface area (Å²) in [6, 6.07) is 8.25. The summed E-state index contributed by atoms with van der Waals surface area (Å²) in [6.07, 6.45) is 1.83. The van der Waals surface area contributed by atoms with E-state index in [1.54, 1.807) is 6.07 Å². The van der Waals surface area contributed by atoms with E-state index in [9.17, 15) is 8.78 Å². The predicted molar refractivity (Wildman–Crippen MR) is 80.1 cm³/mol. The first-order valence-corrected chi connectivity index (χ1v) is 7.49. The van der Waals surface area contributed by atoms with Crippen LogP contribution in [0.2, 0.25) is 0 Å². The van der Waals surface area contributed by atoms with Crippen LogP contribution in [0.5, 0.6) is 5.75 Å². The number of halogens is 3. The van der Waals surface area contributed by atoms with Crippen LogP contribution in [0.3, 0.4) is 0 Å². The van der Waals surface area contributed by atoms with Crippen LogP contribution in [-0.4, -0.2) is 0 Å². The lowest BCUT2D eigenvalue weighted by Crippen LogP contribution is -2.05. The molecule has 0 bridgehead atoms. The first-order valence-electron chi connectivity index (χ1n) is 6.70. The molecule has 2 N–H and O–H groups in total. The van der Waals surface area contributed by atoms with Gasteiger partial charge in [0.15, 0.2) is 0 Å². The van der Waals surface area contributed by atoms with Crippen LogP contribution in [0.4, 0.5) is 8.78 Å². The molecule has 0 aliphatic heterocycles. The summed E-state index contributed by atoms with van der Waals surface area (Å²) >= 11 is 3.04. The molecule has 2 aromatic carbocycles. The van der Waals surface area contributed by atoms with Crippen LogP contribution < -0.4 is 10.5 Å². The van der Waals surface area contributed by atoms with Crippen molar-refractivity contribution in [3.05, 3.63) is 63.1 Å². The zero-order valence-electron chi connectivity index (χ0n) is 11.2. The van der Waals surface area contributed by atoms with E-state index in [1.165, 1.54) is 12.1 Å². The maximum atomic E-state index is 13.9. The molecule has 0 aromatic heterocycles. The van der Waals surface area contributed by atoms with Gasteiger partial charge in [-0.3, -0.25) is 0 Å². The van der Waals surface area contributed by atoms with Crippen LogP contribution in [-0.2, 0) is 13.0 Å². The second-order valence-electron chi connectivity index (χ2n) is 5.12. The third-order valence-corrected chi connectivity index (χ3v) is 4.37. The van der Waals surface area contributed by atoms with Gasteiger partial charge in [0.25, 0.3) is 0 Å². The molecule has 5 heteroatoms. The Bertz CT molecular complexity index is 690. The maximum Gasteiger partial charge on any atom is 0.146 e. The molecule has 0 spiro atoms. The molecule has 1 unspecified atom stereocenters. The summed E-state index contributed by atoms with van der Waals surface area (Å²) in [7, 11) is 0. The largest absolute Gasteiger partial charge is 0.489 e. The molecule has 0 saturated carbocycles. The van der Waals surface area contributed by atoms with E-state index >= 15 is 0 Å². The molecule has 0 fully saturated rings. The summed E-state index contributed by atoms with van der Waals surface area (Å²) in [5, 5.41) is 0. The highest BCUT2D eigenvalue weighted by Gasteiger charge is 2.19. The van der Waals surface area contributed by atoms with E-state index < -0.39 is 11.6 Å². The minimum atomic E-state index is -0.627. The van der Waals surface area contributed by atoms with Gasteiger partial charge in [-0.25, -0.2) is 8.78 Å². The van der Waals surface area contributed by atoms with Gasteiger partial charge < -0.3 is 10.5 Å². The SMILES string of the molecule is NC1CCc2cc(OCc3c(F)ccc(Br)c3F)ccc21. The lowest BCUT2D eigenvalue weighted by molar-refractivity contribution is 0.292. The molecule has 2 aromatic rings. The minimum absolute atomic E-state index is 0.0778. The number of aryl methyl sites for hydroxylation is 1. The Morgan fingerprint density at radius 1 is 1.24 bits per heavy atom. The zero-order valence-corrected chi connectivity index (χ0v) is 12.8. The van der Waals surface area contributed by atoms with Gasteiger partial charge in [0.1, 0.15) is 24.0 Å². The van der Waals surface area contributed by atoms with Gasteiger partial charge in [0, 0.05) is 6.04 Å². The van der Waals surface area contributed by atoms with Gasteiger partial charge in [-0.05, 0) is 64.2 Å². The highest BCUT2D eigenvalue weighted by atomic mass is 79.9. The molecular weight excluding hydrogens is 340 g/mol. The molecule has 21 heavy (non-hydrogen) atoms. The topological polar surface area (TPSA) is 35.2 Å². The van der Waals surface area contributed by atoms with Gasteiger partial charge in [0.05, 0.1) is 10.0 Å². The lowest BCUT2D eigenvalue weighted by Gasteiger charge is -2.11. The van der Waals surface area contributed by atoms with E-state index in [1.807, 2.05) is 12.1 Å². The number of rotatable bonds is 3. The van der Waals surface area contributed by atoms with E-state index in [2.05, 4.69) is 15.9 Å². The van der Waals surface area contributed by atoms with Crippen molar-refractivity contribution in [2.24, 2.45) is 5.73 Å². The number of hydrogen-bond acceptors (Lipinski definition) is 2. The van der Waals surface area contributed by atoms with Crippen molar-refractivity contribution in [3.63, 3.8) is 0 Å². The smallest absolute Gasteiger partial charge is 0.146 e. The standard InChI is InChI=1S/C16H14BrF2NO/c17-13-4-5-14(18)12(16(13)19)8-21-10-2-3-11-9(7-10)1-6-15(11)20/h2-5,7,15H,1,6,8,20H2. The molecule has 1 aliphatic rings. The zero-order chi connectivity index (χ0) is 15.0. The fourth-order valence-corrected chi connectivity index (χ4v) is 2.94. The highest BCUT2D eigenvalue weighted by molar-refractivity contribution is 9.10. The second kappa shape index (κ2) is 5.73. The number of ether oxygens (including phenoxy) is 1. The van der Waals surface area contributed by atoms with Crippen LogP contribution in [0.25, 0.3) is 0 Å². The Kier molecular flexibility index (Phi) is 3.95. The quantitative estimate of drug-likeness (QED) is 0.837. The molecule has 0 heterocycles.